The maximum Gasteiger partial charge on any atom is 0.173 e. The Hall–Kier alpha value is -3.25. The SMILES string of the molecule is COc1cccc(-c2nnc3c4c(-c5ccc(C)c(C)c5)csc4ncn23)c1. The Kier molecular flexibility index (Phi) is 3.87. The van der Waals surface area contributed by atoms with Crippen molar-refractivity contribution in [1.82, 2.24) is 19.6 Å². The third-order valence-corrected chi connectivity index (χ3v) is 6.01. The molecule has 2 aromatic carbocycles. The van der Waals surface area contributed by atoms with Crippen LogP contribution in [0.25, 0.3) is 38.4 Å². The molecule has 138 valence electrons. The summed E-state index contributed by atoms with van der Waals surface area (Å²) in [4.78, 5) is 5.63. The van der Waals surface area contributed by atoms with E-state index in [2.05, 4.69) is 52.6 Å². The summed E-state index contributed by atoms with van der Waals surface area (Å²) in [6, 6.07) is 14.4. The number of methoxy groups -OCH3 is 1. The third-order valence-electron chi connectivity index (χ3n) is 5.13. The van der Waals surface area contributed by atoms with E-state index in [1.165, 1.54) is 16.7 Å². The van der Waals surface area contributed by atoms with E-state index in [0.29, 0.717) is 0 Å². The molecule has 5 aromatic rings. The summed E-state index contributed by atoms with van der Waals surface area (Å²) < 4.78 is 7.30. The van der Waals surface area contributed by atoms with Gasteiger partial charge in [-0.15, -0.1) is 21.5 Å². The zero-order chi connectivity index (χ0) is 19.3. The number of rotatable bonds is 3. The van der Waals surface area contributed by atoms with E-state index in [0.717, 1.165) is 38.6 Å². The zero-order valence-corrected chi connectivity index (χ0v) is 16.6. The second kappa shape index (κ2) is 6.42. The summed E-state index contributed by atoms with van der Waals surface area (Å²) >= 11 is 1.63. The van der Waals surface area contributed by atoms with Gasteiger partial charge in [-0.1, -0.05) is 30.3 Å². The first kappa shape index (κ1) is 16.9. The monoisotopic (exact) mass is 386 g/mol. The van der Waals surface area contributed by atoms with E-state index < -0.39 is 0 Å². The van der Waals surface area contributed by atoms with Crippen LogP contribution in [0.15, 0.2) is 54.2 Å². The fraction of sp³-hybridized carbons (Fsp3) is 0.136. The van der Waals surface area contributed by atoms with Crippen molar-refractivity contribution >= 4 is 27.2 Å². The summed E-state index contributed by atoms with van der Waals surface area (Å²) in [6.45, 7) is 4.27. The van der Waals surface area contributed by atoms with Gasteiger partial charge in [-0.25, -0.2) is 4.98 Å². The summed E-state index contributed by atoms with van der Waals surface area (Å²) in [5, 5.41) is 12.2. The normalized spacial score (nSPS) is 11.4. The van der Waals surface area contributed by atoms with E-state index in [1.54, 1.807) is 24.8 Å². The van der Waals surface area contributed by atoms with E-state index in [-0.39, 0.29) is 0 Å². The minimum Gasteiger partial charge on any atom is -0.497 e. The number of hydrogen-bond acceptors (Lipinski definition) is 5. The quantitative estimate of drug-likeness (QED) is 0.422. The maximum atomic E-state index is 5.35. The summed E-state index contributed by atoms with van der Waals surface area (Å²) in [7, 11) is 1.66. The van der Waals surface area contributed by atoms with Gasteiger partial charge in [-0.3, -0.25) is 4.40 Å². The Morgan fingerprint density at radius 2 is 1.86 bits per heavy atom. The molecule has 5 rings (SSSR count). The Morgan fingerprint density at radius 1 is 0.964 bits per heavy atom. The second-order valence-corrected chi connectivity index (χ2v) is 7.68. The molecular weight excluding hydrogens is 368 g/mol. The minimum absolute atomic E-state index is 0.750. The highest BCUT2D eigenvalue weighted by molar-refractivity contribution is 7.17. The Morgan fingerprint density at radius 3 is 2.68 bits per heavy atom. The smallest absolute Gasteiger partial charge is 0.173 e. The second-order valence-electron chi connectivity index (χ2n) is 6.82. The first-order valence-electron chi connectivity index (χ1n) is 8.98. The van der Waals surface area contributed by atoms with E-state index in [1.807, 2.05) is 28.7 Å². The molecule has 0 saturated carbocycles. The topological polar surface area (TPSA) is 52.3 Å². The highest BCUT2D eigenvalue weighted by Crippen LogP contribution is 2.36. The van der Waals surface area contributed by atoms with Gasteiger partial charge in [-0.05, 0) is 42.7 Å². The molecule has 3 heterocycles. The number of nitrogens with zero attached hydrogens (tertiary/aromatic N) is 4. The van der Waals surface area contributed by atoms with Crippen LogP contribution in [0.4, 0.5) is 0 Å². The van der Waals surface area contributed by atoms with Crippen LogP contribution < -0.4 is 4.74 Å². The van der Waals surface area contributed by atoms with Gasteiger partial charge in [-0.2, -0.15) is 0 Å². The molecule has 0 N–H and O–H groups in total. The number of aryl methyl sites for hydroxylation is 2. The number of hydrogen-bond donors (Lipinski definition) is 0. The van der Waals surface area contributed by atoms with Gasteiger partial charge in [0.15, 0.2) is 11.5 Å². The molecule has 0 radical (unpaired) electrons. The first-order chi connectivity index (χ1) is 13.7. The minimum atomic E-state index is 0.750. The Bertz CT molecular complexity index is 1340. The third kappa shape index (κ3) is 2.57. The standard InChI is InChI=1S/C22H18N4OS/c1-13-7-8-15(9-14(13)2)18-11-28-22-19(18)21-25-24-20(26(21)12-23-22)16-5-4-6-17(10-16)27-3/h4-12H,1-3H3. The highest BCUT2D eigenvalue weighted by Gasteiger charge is 2.17. The van der Waals surface area contributed by atoms with E-state index in [4.69, 9.17) is 4.74 Å². The molecule has 0 saturated heterocycles. The van der Waals surface area contributed by atoms with Crippen molar-refractivity contribution in [2.24, 2.45) is 0 Å². The molecule has 3 aromatic heterocycles. The average molecular weight is 386 g/mol. The molecule has 0 bridgehead atoms. The van der Waals surface area contributed by atoms with Crippen molar-refractivity contribution in [1.29, 1.82) is 0 Å². The molecule has 28 heavy (non-hydrogen) atoms. The van der Waals surface area contributed by atoms with Crippen LogP contribution in [0.1, 0.15) is 11.1 Å². The van der Waals surface area contributed by atoms with Crippen LogP contribution in [-0.4, -0.2) is 26.7 Å². The van der Waals surface area contributed by atoms with Crippen molar-refractivity contribution < 1.29 is 4.74 Å². The number of ether oxygens (including phenoxy) is 1. The summed E-state index contributed by atoms with van der Waals surface area (Å²) in [5.74, 6) is 1.54. The molecule has 0 spiro atoms. The van der Waals surface area contributed by atoms with Gasteiger partial charge >= 0.3 is 0 Å². The number of thiophene rings is 1. The number of benzene rings is 2. The molecule has 6 heteroatoms. The predicted molar refractivity (Wildman–Crippen MR) is 113 cm³/mol. The molecule has 0 aliphatic carbocycles. The van der Waals surface area contributed by atoms with E-state index >= 15 is 0 Å². The summed E-state index contributed by atoms with van der Waals surface area (Å²) in [5.41, 5.74) is 6.64. The van der Waals surface area contributed by atoms with Gasteiger partial charge in [0.1, 0.15) is 16.9 Å². The van der Waals surface area contributed by atoms with Crippen molar-refractivity contribution in [3.63, 3.8) is 0 Å². The van der Waals surface area contributed by atoms with Crippen molar-refractivity contribution in [2.45, 2.75) is 13.8 Å². The van der Waals surface area contributed by atoms with Crippen molar-refractivity contribution in [3.8, 4) is 28.3 Å². The van der Waals surface area contributed by atoms with E-state index in [9.17, 15) is 0 Å². The van der Waals surface area contributed by atoms with Crippen LogP contribution >= 0.6 is 11.3 Å². The molecule has 0 amide bonds. The van der Waals surface area contributed by atoms with Gasteiger partial charge in [0.2, 0.25) is 0 Å². The van der Waals surface area contributed by atoms with Gasteiger partial charge in [0.05, 0.1) is 12.5 Å². The Labute approximate surface area is 166 Å². The lowest BCUT2D eigenvalue weighted by molar-refractivity contribution is 0.415. The maximum absolute atomic E-state index is 5.35. The van der Waals surface area contributed by atoms with Gasteiger partial charge < -0.3 is 4.74 Å². The summed E-state index contributed by atoms with van der Waals surface area (Å²) in [6.07, 6.45) is 1.80. The molecule has 0 atom stereocenters. The van der Waals surface area contributed by atoms with Crippen molar-refractivity contribution in [2.75, 3.05) is 7.11 Å². The lowest BCUT2D eigenvalue weighted by Gasteiger charge is -2.06. The lowest BCUT2D eigenvalue weighted by atomic mass is 10.0. The first-order valence-corrected chi connectivity index (χ1v) is 9.86. The Balaban J connectivity index is 1.75. The van der Waals surface area contributed by atoms with Crippen LogP contribution in [0.5, 0.6) is 5.75 Å². The largest absolute Gasteiger partial charge is 0.497 e. The van der Waals surface area contributed by atoms with Crippen LogP contribution in [-0.2, 0) is 0 Å². The van der Waals surface area contributed by atoms with Crippen LogP contribution in [0.3, 0.4) is 0 Å². The van der Waals surface area contributed by atoms with Crippen LogP contribution in [0, 0.1) is 13.8 Å². The fourth-order valence-electron chi connectivity index (χ4n) is 3.42. The van der Waals surface area contributed by atoms with Gasteiger partial charge in [0, 0.05) is 16.5 Å². The number of fused-ring (bicyclic) bond motifs is 3. The zero-order valence-electron chi connectivity index (χ0n) is 15.8. The molecule has 5 nitrogen and oxygen atoms in total. The fourth-order valence-corrected chi connectivity index (χ4v) is 4.33. The van der Waals surface area contributed by atoms with Gasteiger partial charge in [0.25, 0.3) is 0 Å². The molecule has 0 fully saturated rings. The molecule has 0 unspecified atom stereocenters. The molecular formula is C22H18N4OS. The van der Waals surface area contributed by atoms with Crippen LogP contribution in [0.2, 0.25) is 0 Å². The molecule has 0 aliphatic heterocycles. The lowest BCUT2D eigenvalue weighted by Crippen LogP contribution is -1.93. The van der Waals surface area contributed by atoms with Crippen molar-refractivity contribution in [3.05, 3.63) is 65.3 Å². The highest BCUT2D eigenvalue weighted by atomic mass is 32.1. The number of aromatic nitrogens is 4. The molecule has 0 aliphatic rings. The predicted octanol–water partition coefficient (Wildman–Crippen LogP) is 5.30. The average Bonchev–Trinajstić information content (AvgIpc) is 3.34.